The number of aryl methyl sites for hydroxylation is 3. The van der Waals surface area contributed by atoms with Crippen LogP contribution in [0.5, 0.6) is 0 Å². The van der Waals surface area contributed by atoms with Crippen molar-refractivity contribution in [1.82, 2.24) is 0 Å². The number of carbonyl (C=O) groups excluding carboxylic acids is 2. The van der Waals surface area contributed by atoms with E-state index >= 15 is 0 Å². The average Bonchev–Trinajstić information content (AvgIpc) is 2.52. The van der Waals surface area contributed by atoms with Crippen LogP contribution in [0.2, 0.25) is 0 Å². The minimum absolute atomic E-state index is 0.230. The zero-order valence-electron chi connectivity index (χ0n) is 15.6. The Kier molecular flexibility index (Phi) is 5.93. The summed E-state index contributed by atoms with van der Waals surface area (Å²) in [5, 5.41) is 2.53. The number of carbonyl (C=O) groups is 2. The second-order valence-corrected chi connectivity index (χ2v) is 6.48. The lowest BCUT2D eigenvalue weighted by molar-refractivity contribution is -0.137. The Morgan fingerprint density at radius 3 is 1.96 bits per heavy atom. The van der Waals surface area contributed by atoms with Crippen LogP contribution in [0.1, 0.15) is 29.2 Å². The largest absolute Gasteiger partial charge is 0.416 e. The summed E-state index contributed by atoms with van der Waals surface area (Å²) in [7, 11) is 0. The number of nitrogens with one attached hydrogen (secondary N) is 1. The molecule has 0 spiro atoms. The van der Waals surface area contributed by atoms with Gasteiger partial charge in [0.15, 0.2) is 0 Å². The van der Waals surface area contributed by atoms with Gasteiger partial charge in [0.2, 0.25) is 11.8 Å². The highest BCUT2D eigenvalue weighted by molar-refractivity contribution is 6.02. The Hall–Kier alpha value is -2.83. The van der Waals surface area contributed by atoms with Crippen LogP contribution in [0, 0.1) is 20.8 Å². The number of hydrogen-bond donors (Lipinski definition) is 1. The highest BCUT2D eigenvalue weighted by Gasteiger charge is 2.30. The van der Waals surface area contributed by atoms with Crippen molar-refractivity contribution in [3.05, 3.63) is 58.7 Å². The molecule has 4 nitrogen and oxygen atoms in total. The van der Waals surface area contributed by atoms with Gasteiger partial charge in [-0.3, -0.25) is 9.59 Å². The molecule has 0 aromatic heterocycles. The number of nitrogens with zero attached hydrogens (tertiary/aromatic N) is 1. The molecule has 0 aliphatic heterocycles. The number of rotatable bonds is 4. The third kappa shape index (κ3) is 5.09. The Balaban J connectivity index is 2.18. The molecule has 0 unspecified atom stereocenters. The van der Waals surface area contributed by atoms with Gasteiger partial charge >= 0.3 is 6.18 Å². The highest BCUT2D eigenvalue weighted by atomic mass is 19.4. The smallest absolute Gasteiger partial charge is 0.325 e. The van der Waals surface area contributed by atoms with Crippen LogP contribution >= 0.6 is 0 Å². The molecule has 144 valence electrons. The first-order chi connectivity index (χ1) is 12.5. The van der Waals surface area contributed by atoms with Crippen molar-refractivity contribution in [2.75, 3.05) is 16.8 Å². The molecule has 0 saturated heterocycles. The Labute approximate surface area is 156 Å². The molecule has 0 heterocycles. The molecule has 0 fully saturated rings. The van der Waals surface area contributed by atoms with Crippen molar-refractivity contribution in [1.29, 1.82) is 0 Å². The Morgan fingerprint density at radius 2 is 1.52 bits per heavy atom. The van der Waals surface area contributed by atoms with Crippen LogP contribution in [0.3, 0.4) is 0 Å². The molecule has 0 aliphatic carbocycles. The summed E-state index contributed by atoms with van der Waals surface area (Å²) in [5.41, 5.74) is 2.88. The monoisotopic (exact) mass is 378 g/mol. The van der Waals surface area contributed by atoms with E-state index < -0.39 is 17.6 Å². The van der Waals surface area contributed by atoms with Gasteiger partial charge in [0.05, 0.1) is 11.3 Å². The minimum Gasteiger partial charge on any atom is -0.325 e. The summed E-state index contributed by atoms with van der Waals surface area (Å²) < 4.78 is 37.8. The van der Waals surface area contributed by atoms with Gasteiger partial charge < -0.3 is 10.2 Å². The molecule has 2 rings (SSSR count). The van der Waals surface area contributed by atoms with E-state index in [9.17, 15) is 22.8 Å². The third-order valence-corrected chi connectivity index (χ3v) is 4.08. The van der Waals surface area contributed by atoms with Crippen LogP contribution in [0.25, 0.3) is 0 Å². The summed E-state index contributed by atoms with van der Waals surface area (Å²) in [6.45, 7) is 6.79. The number of benzene rings is 2. The van der Waals surface area contributed by atoms with Crippen molar-refractivity contribution >= 4 is 23.2 Å². The van der Waals surface area contributed by atoms with Gasteiger partial charge in [-0.1, -0.05) is 17.7 Å². The summed E-state index contributed by atoms with van der Waals surface area (Å²) in [5.74, 6) is -0.794. The first kappa shape index (κ1) is 20.5. The molecule has 1 N–H and O–H groups in total. The standard InChI is InChI=1S/C20H21F3N2O2/c1-12-9-13(2)19(14(3)10-12)25(15(4)26)11-18(27)24-17-7-5-16(6-8-17)20(21,22)23/h5-10H,11H2,1-4H3,(H,24,27). The Bertz CT molecular complexity index is 836. The van der Waals surface area contributed by atoms with E-state index in [4.69, 9.17) is 0 Å². The fourth-order valence-corrected chi connectivity index (χ4v) is 3.03. The van der Waals surface area contributed by atoms with E-state index in [1.807, 2.05) is 32.9 Å². The predicted octanol–water partition coefficient (Wildman–Crippen LogP) is 4.62. The molecule has 0 radical (unpaired) electrons. The van der Waals surface area contributed by atoms with E-state index in [0.717, 1.165) is 28.8 Å². The first-order valence-electron chi connectivity index (χ1n) is 8.32. The molecule has 2 amide bonds. The van der Waals surface area contributed by atoms with Crippen molar-refractivity contribution in [2.45, 2.75) is 33.9 Å². The first-order valence-corrected chi connectivity index (χ1v) is 8.32. The Morgan fingerprint density at radius 1 is 1.00 bits per heavy atom. The lowest BCUT2D eigenvalue weighted by atomic mass is 10.0. The average molecular weight is 378 g/mol. The van der Waals surface area contributed by atoms with E-state index in [2.05, 4.69) is 5.32 Å². The highest BCUT2D eigenvalue weighted by Crippen LogP contribution is 2.30. The van der Waals surface area contributed by atoms with E-state index in [1.54, 1.807) is 0 Å². The van der Waals surface area contributed by atoms with Crippen LogP contribution in [-0.4, -0.2) is 18.4 Å². The lowest BCUT2D eigenvalue weighted by Gasteiger charge is -2.25. The van der Waals surface area contributed by atoms with Crippen LogP contribution in [-0.2, 0) is 15.8 Å². The predicted molar refractivity (Wildman–Crippen MR) is 98.8 cm³/mol. The molecule has 7 heteroatoms. The number of amides is 2. The maximum Gasteiger partial charge on any atom is 0.416 e. The van der Waals surface area contributed by atoms with Gasteiger partial charge in [-0.05, 0) is 56.2 Å². The van der Waals surface area contributed by atoms with Crippen molar-refractivity contribution < 1.29 is 22.8 Å². The number of hydrogen-bond acceptors (Lipinski definition) is 2. The summed E-state index contributed by atoms with van der Waals surface area (Å²) in [4.78, 5) is 25.8. The van der Waals surface area contributed by atoms with E-state index in [-0.39, 0.29) is 18.1 Å². The van der Waals surface area contributed by atoms with Crippen LogP contribution < -0.4 is 10.2 Å². The molecule has 2 aromatic rings. The van der Waals surface area contributed by atoms with E-state index in [1.165, 1.54) is 24.0 Å². The van der Waals surface area contributed by atoms with Gasteiger partial charge in [0.25, 0.3) is 0 Å². The molecule has 0 aliphatic rings. The molecule has 0 bridgehead atoms. The van der Waals surface area contributed by atoms with Gasteiger partial charge in [-0.15, -0.1) is 0 Å². The van der Waals surface area contributed by atoms with Gasteiger partial charge in [-0.25, -0.2) is 0 Å². The molecule has 2 aromatic carbocycles. The summed E-state index contributed by atoms with van der Waals surface area (Å²) in [6.07, 6.45) is -4.44. The molecule has 0 saturated carbocycles. The molecule has 0 atom stereocenters. The fourth-order valence-electron chi connectivity index (χ4n) is 3.03. The zero-order valence-corrected chi connectivity index (χ0v) is 15.6. The van der Waals surface area contributed by atoms with Crippen molar-refractivity contribution in [3.63, 3.8) is 0 Å². The zero-order chi connectivity index (χ0) is 20.4. The fraction of sp³-hybridized carbons (Fsp3) is 0.300. The van der Waals surface area contributed by atoms with Gasteiger partial charge in [0, 0.05) is 12.6 Å². The normalized spacial score (nSPS) is 11.2. The van der Waals surface area contributed by atoms with E-state index in [0.29, 0.717) is 5.69 Å². The van der Waals surface area contributed by atoms with Gasteiger partial charge in [0.1, 0.15) is 6.54 Å². The topological polar surface area (TPSA) is 49.4 Å². The lowest BCUT2D eigenvalue weighted by Crippen LogP contribution is -2.37. The number of anilines is 2. The maximum absolute atomic E-state index is 12.6. The number of halogens is 3. The quantitative estimate of drug-likeness (QED) is 0.844. The van der Waals surface area contributed by atoms with Crippen LogP contribution in [0.15, 0.2) is 36.4 Å². The second kappa shape index (κ2) is 7.82. The van der Waals surface area contributed by atoms with Crippen molar-refractivity contribution in [2.24, 2.45) is 0 Å². The number of alkyl halides is 3. The third-order valence-electron chi connectivity index (χ3n) is 4.08. The minimum atomic E-state index is -4.44. The SMILES string of the molecule is CC(=O)N(CC(=O)Nc1ccc(C(F)(F)F)cc1)c1c(C)cc(C)cc1C. The second-order valence-electron chi connectivity index (χ2n) is 6.48. The molecular formula is C20H21F3N2O2. The summed E-state index contributed by atoms with van der Waals surface area (Å²) >= 11 is 0. The van der Waals surface area contributed by atoms with Crippen molar-refractivity contribution in [3.8, 4) is 0 Å². The molecular weight excluding hydrogens is 357 g/mol. The van der Waals surface area contributed by atoms with Gasteiger partial charge in [-0.2, -0.15) is 13.2 Å². The molecule has 27 heavy (non-hydrogen) atoms. The summed E-state index contributed by atoms with van der Waals surface area (Å²) in [6, 6.07) is 8.00. The maximum atomic E-state index is 12.6. The van der Waals surface area contributed by atoms with Crippen LogP contribution in [0.4, 0.5) is 24.5 Å².